The minimum Gasteiger partial charge on any atom is -0.490 e. The molecule has 3 aliphatic heterocycles. The minimum atomic E-state index is -4.59. The van der Waals surface area contributed by atoms with Crippen LogP contribution in [-0.2, 0) is 16.6 Å². The molecule has 4 fully saturated rings. The van der Waals surface area contributed by atoms with Crippen molar-refractivity contribution < 1.29 is 37.5 Å². The number of nitro groups is 1. The quantitative estimate of drug-likeness (QED) is 0.0558. The van der Waals surface area contributed by atoms with E-state index < -0.39 is 37.0 Å². The number of aromatic nitrogens is 2. The standard InChI is InChI=1S/C59H70N8O9S/c1-39(2)47-9-4-5-10-48(47)52-38-64(37-42-8-6-11-53-55(42)75-29-7-28-74-53)26-27-66(52)44-33-59(34-44)21-24-65(25-22-59)43-12-14-49(54(31-43)76-45-30-41-18-23-60-56(41)62-36-45)57(68)63-77(72,73)46-13-15-50(51(32-46)67(70)71)61-35-40-16-19-58(3,69)20-17-40/h4-6,8-15,18,23,30-32,36,39-40,44,52,61,69H,7,16-17,19-22,24-29,33-35,37-38H2,1-3H3,(H,60,62)(H,63,68). The van der Waals surface area contributed by atoms with Crippen molar-refractivity contribution in [2.45, 2.75) is 114 Å². The number of sulfonamides is 1. The van der Waals surface area contributed by atoms with E-state index in [1.165, 1.54) is 28.8 Å². The van der Waals surface area contributed by atoms with Gasteiger partial charge in [0.2, 0.25) is 0 Å². The van der Waals surface area contributed by atoms with Crippen LogP contribution < -0.4 is 29.1 Å². The second-order valence-electron chi connectivity index (χ2n) is 22.7. The Balaban J connectivity index is 0.780. The number of hydrogen-bond acceptors (Lipinski definition) is 14. The van der Waals surface area contributed by atoms with Crippen molar-refractivity contribution in [3.8, 4) is 23.0 Å². The van der Waals surface area contributed by atoms with Gasteiger partial charge in [-0.1, -0.05) is 50.2 Å². The first-order chi connectivity index (χ1) is 37.1. The Bertz CT molecular complexity index is 3250. The van der Waals surface area contributed by atoms with E-state index in [0.717, 1.165) is 113 Å². The highest BCUT2D eigenvalue weighted by atomic mass is 32.2. The van der Waals surface area contributed by atoms with Crippen molar-refractivity contribution in [3.63, 3.8) is 0 Å². The zero-order valence-corrected chi connectivity index (χ0v) is 45.0. The van der Waals surface area contributed by atoms with E-state index >= 15 is 0 Å². The molecule has 17 nitrogen and oxygen atoms in total. The molecule has 4 N–H and O–H groups in total. The highest BCUT2D eigenvalue weighted by Gasteiger charge is 2.50. The number of H-pyrrole nitrogens is 1. The lowest BCUT2D eigenvalue weighted by atomic mass is 9.59. The van der Waals surface area contributed by atoms with Crippen LogP contribution in [0, 0.1) is 21.4 Å². The van der Waals surface area contributed by atoms with Gasteiger partial charge < -0.3 is 34.5 Å². The molecule has 2 aromatic heterocycles. The fourth-order valence-electron chi connectivity index (χ4n) is 12.5. The first-order valence-electron chi connectivity index (χ1n) is 27.4. The Morgan fingerprint density at radius 1 is 0.948 bits per heavy atom. The lowest BCUT2D eigenvalue weighted by molar-refractivity contribution is -0.384. The molecule has 1 unspecified atom stereocenters. The largest absolute Gasteiger partial charge is 0.490 e. The molecule has 2 saturated heterocycles. The van der Waals surface area contributed by atoms with Crippen LogP contribution in [0.5, 0.6) is 23.0 Å². The highest BCUT2D eigenvalue weighted by molar-refractivity contribution is 7.90. The normalized spacial score (nSPS) is 22.1. The lowest BCUT2D eigenvalue weighted by Gasteiger charge is -2.58. The Morgan fingerprint density at radius 2 is 1.74 bits per heavy atom. The molecule has 2 saturated carbocycles. The van der Waals surface area contributed by atoms with Gasteiger partial charge in [0.25, 0.3) is 21.6 Å². The summed E-state index contributed by atoms with van der Waals surface area (Å²) in [6, 6.07) is 28.4. The van der Waals surface area contributed by atoms with Crippen molar-refractivity contribution >= 4 is 44.0 Å². The lowest BCUT2D eigenvalue weighted by Crippen LogP contribution is -2.60. The summed E-state index contributed by atoms with van der Waals surface area (Å²) in [6.45, 7) is 13.4. The van der Waals surface area contributed by atoms with Crippen LogP contribution in [0.25, 0.3) is 11.0 Å². The Labute approximate surface area is 450 Å². The van der Waals surface area contributed by atoms with E-state index in [-0.39, 0.29) is 34.4 Å². The number of nitro benzene ring substituents is 1. The smallest absolute Gasteiger partial charge is 0.293 e. The second kappa shape index (κ2) is 21.6. The van der Waals surface area contributed by atoms with Crippen molar-refractivity contribution in [3.05, 3.63) is 136 Å². The number of carbonyl (C=O) groups is 1. The molecule has 11 rings (SSSR count). The minimum absolute atomic E-state index is 0.0318. The summed E-state index contributed by atoms with van der Waals surface area (Å²) in [6.07, 6.45) is 11.2. The number of anilines is 2. The van der Waals surface area contributed by atoms with Gasteiger partial charge in [-0.2, -0.15) is 0 Å². The number of pyridine rings is 1. The van der Waals surface area contributed by atoms with E-state index in [0.29, 0.717) is 56.0 Å². The number of aliphatic hydroxyl groups is 1. The molecular weight excluding hydrogens is 997 g/mol. The maximum absolute atomic E-state index is 14.1. The maximum atomic E-state index is 14.1. The molecule has 6 aromatic rings. The number of hydrogen-bond donors (Lipinski definition) is 4. The number of carbonyl (C=O) groups excluding carboxylic acids is 1. The number of nitrogens with zero attached hydrogens (tertiary/aromatic N) is 5. The van der Waals surface area contributed by atoms with E-state index in [1.807, 2.05) is 25.1 Å². The number of piperidine rings is 1. The van der Waals surface area contributed by atoms with Gasteiger partial charge in [-0.05, 0) is 129 Å². The zero-order chi connectivity index (χ0) is 53.5. The van der Waals surface area contributed by atoms with Gasteiger partial charge in [-0.3, -0.25) is 24.7 Å². The van der Waals surface area contributed by atoms with E-state index in [2.05, 4.69) is 85.0 Å². The van der Waals surface area contributed by atoms with Gasteiger partial charge in [0.1, 0.15) is 22.8 Å². The van der Waals surface area contributed by atoms with Gasteiger partial charge in [0.05, 0.1) is 40.4 Å². The fraction of sp³-hybridized carbons (Fsp3) is 0.458. The average molecular weight is 1070 g/mol. The molecule has 5 heterocycles. The van der Waals surface area contributed by atoms with Crippen molar-refractivity contribution in [1.82, 2.24) is 24.5 Å². The SMILES string of the molecule is CC(C)c1ccccc1C1CN(Cc2cccc3c2OCCCO3)CCN1C1CC2(CCN(c3ccc(C(=O)NS(=O)(=O)c4ccc(NCC5CCC(C)(O)CC5)c([N+](=O)[O-])c4)c(Oc4cnc5[nH]ccc5c4)c3)CC2)C1. The van der Waals surface area contributed by atoms with Crippen molar-refractivity contribution in [2.75, 3.05) is 62.7 Å². The molecule has 0 radical (unpaired) electrons. The number of ether oxygens (including phenoxy) is 3. The van der Waals surface area contributed by atoms with E-state index in [1.54, 1.807) is 30.6 Å². The number of benzene rings is 4. The number of nitrogens with one attached hydrogen (secondary N) is 3. The number of rotatable bonds is 15. The molecular formula is C59H70N8O9S. The number of para-hydroxylation sites is 1. The van der Waals surface area contributed by atoms with Crippen molar-refractivity contribution in [2.24, 2.45) is 11.3 Å². The molecule has 0 bridgehead atoms. The van der Waals surface area contributed by atoms with Crippen LogP contribution in [0.2, 0.25) is 0 Å². The monoisotopic (exact) mass is 1070 g/mol. The first kappa shape index (κ1) is 52.3. The second-order valence-corrected chi connectivity index (χ2v) is 24.4. The number of amides is 1. The molecule has 406 valence electrons. The van der Waals surface area contributed by atoms with Crippen LogP contribution in [0.1, 0.15) is 118 Å². The Hall–Kier alpha value is -6.73. The third-order valence-electron chi connectivity index (χ3n) is 17.0. The Kier molecular flexibility index (Phi) is 14.7. The summed E-state index contributed by atoms with van der Waals surface area (Å²) in [5.41, 5.74) is 4.70. The van der Waals surface area contributed by atoms with E-state index in [9.17, 15) is 28.4 Å². The molecule has 18 heteroatoms. The van der Waals surface area contributed by atoms with Gasteiger partial charge in [-0.15, -0.1) is 0 Å². The number of aromatic amines is 1. The molecule has 5 aliphatic rings. The summed E-state index contributed by atoms with van der Waals surface area (Å²) in [4.78, 5) is 40.6. The van der Waals surface area contributed by atoms with Crippen LogP contribution >= 0.6 is 0 Å². The topological polar surface area (TPSA) is 205 Å². The average Bonchev–Trinajstić information content (AvgIpc) is 3.76. The van der Waals surface area contributed by atoms with Crippen LogP contribution in [0.4, 0.5) is 17.1 Å². The summed E-state index contributed by atoms with van der Waals surface area (Å²) in [5, 5.41) is 26.5. The predicted octanol–water partition coefficient (Wildman–Crippen LogP) is 10.3. The number of fused-ring (bicyclic) bond motifs is 2. The third kappa shape index (κ3) is 11.3. The van der Waals surface area contributed by atoms with Gasteiger partial charge in [0, 0.05) is 99.3 Å². The first-order valence-corrected chi connectivity index (χ1v) is 28.8. The highest BCUT2D eigenvalue weighted by Crippen LogP contribution is 2.54. The molecule has 1 atom stereocenters. The summed E-state index contributed by atoms with van der Waals surface area (Å²) in [5.74, 6) is 1.86. The van der Waals surface area contributed by atoms with Crippen LogP contribution in [0.15, 0.2) is 108 Å². The molecule has 1 amide bonds. The third-order valence-corrected chi connectivity index (χ3v) is 18.3. The number of piperazine rings is 1. The summed E-state index contributed by atoms with van der Waals surface area (Å²) >= 11 is 0. The predicted molar refractivity (Wildman–Crippen MR) is 296 cm³/mol. The summed E-state index contributed by atoms with van der Waals surface area (Å²) < 4.78 is 48.6. The maximum Gasteiger partial charge on any atom is 0.293 e. The van der Waals surface area contributed by atoms with Crippen LogP contribution in [-0.4, -0.2) is 108 Å². The fourth-order valence-corrected chi connectivity index (χ4v) is 13.5. The van der Waals surface area contributed by atoms with Gasteiger partial charge >= 0.3 is 0 Å². The van der Waals surface area contributed by atoms with Crippen molar-refractivity contribution in [1.29, 1.82) is 0 Å². The molecule has 77 heavy (non-hydrogen) atoms. The van der Waals surface area contributed by atoms with Gasteiger partial charge in [-0.25, -0.2) is 18.1 Å². The summed E-state index contributed by atoms with van der Waals surface area (Å²) in [7, 11) is -4.59. The molecule has 2 aliphatic carbocycles. The van der Waals surface area contributed by atoms with Crippen LogP contribution in [0.3, 0.4) is 0 Å². The van der Waals surface area contributed by atoms with Gasteiger partial charge in [0.15, 0.2) is 11.5 Å². The van der Waals surface area contributed by atoms with E-state index in [4.69, 9.17) is 14.2 Å². The molecule has 4 aromatic carbocycles. The Morgan fingerprint density at radius 3 is 2.53 bits per heavy atom. The molecule has 1 spiro atoms. The zero-order valence-electron chi connectivity index (χ0n) is 44.2.